The van der Waals surface area contributed by atoms with Gasteiger partial charge in [0.15, 0.2) is 0 Å². The van der Waals surface area contributed by atoms with E-state index < -0.39 is 17.9 Å². The Bertz CT molecular complexity index is 943. The molecule has 1 heterocycles. The van der Waals surface area contributed by atoms with E-state index in [0.29, 0.717) is 11.4 Å². The number of nitrogens with zero attached hydrogens (tertiary/aromatic N) is 1. The minimum atomic E-state index is -0.821. The summed E-state index contributed by atoms with van der Waals surface area (Å²) in [5.41, 5.74) is 1.44. The van der Waals surface area contributed by atoms with Gasteiger partial charge in [0.1, 0.15) is 24.2 Å². The number of anilines is 1. The summed E-state index contributed by atoms with van der Waals surface area (Å²) in [7, 11) is 0. The number of hydrogen-bond donors (Lipinski definition) is 2. The van der Waals surface area contributed by atoms with Gasteiger partial charge in [-0.2, -0.15) is 0 Å². The van der Waals surface area contributed by atoms with Crippen LogP contribution in [0.15, 0.2) is 48.5 Å². The van der Waals surface area contributed by atoms with Gasteiger partial charge in [-0.1, -0.05) is 43.5 Å². The third kappa shape index (κ3) is 5.10. The number of halogens is 1. The number of carbonyl (C=O) groups excluding carboxylic acids is 1. The normalized spacial score (nSPS) is 20.2. The molecule has 2 aromatic carbocycles. The predicted octanol–water partition coefficient (Wildman–Crippen LogP) is 3.99. The van der Waals surface area contributed by atoms with Gasteiger partial charge in [-0.05, 0) is 48.6 Å². The number of nitrogens with one attached hydrogen (secondary N) is 1. The minimum absolute atomic E-state index is 0.118. The summed E-state index contributed by atoms with van der Waals surface area (Å²) in [5, 5.41) is 13.0. The summed E-state index contributed by atoms with van der Waals surface area (Å²) in [6.07, 6.45) is 5.09. The highest BCUT2D eigenvalue weighted by Gasteiger charge is 2.34. The molecule has 0 unspecified atom stereocenters. The van der Waals surface area contributed by atoms with E-state index in [1.165, 1.54) is 12.1 Å². The van der Waals surface area contributed by atoms with Crippen LogP contribution in [0.4, 0.5) is 10.1 Å². The summed E-state index contributed by atoms with van der Waals surface area (Å²) in [6, 6.07) is 12.7. The van der Waals surface area contributed by atoms with E-state index in [1.54, 1.807) is 17.0 Å². The molecule has 0 spiro atoms. The SMILES string of the molecule is O=C(O)[C@@H](CN[C@H]1COc2ccccc2N(Cc2ccc(F)cc2)C1=O)C1CCCCC1. The Morgan fingerprint density at radius 1 is 1.12 bits per heavy atom. The summed E-state index contributed by atoms with van der Waals surface area (Å²) in [5.74, 6) is -1.15. The topological polar surface area (TPSA) is 78.9 Å². The summed E-state index contributed by atoms with van der Waals surface area (Å²) < 4.78 is 19.3. The number of carboxylic acid groups (broad SMARTS) is 1. The molecule has 2 atom stereocenters. The highest BCUT2D eigenvalue weighted by molar-refractivity contribution is 5.99. The molecule has 2 aliphatic rings. The Hall–Kier alpha value is -2.93. The molecule has 0 radical (unpaired) electrons. The molecule has 2 aromatic rings. The van der Waals surface area contributed by atoms with Crippen LogP contribution in [-0.2, 0) is 16.1 Å². The molecule has 6 nitrogen and oxygen atoms in total. The first-order valence-corrected chi connectivity index (χ1v) is 11.3. The largest absolute Gasteiger partial charge is 0.489 e. The van der Waals surface area contributed by atoms with Gasteiger partial charge in [-0.15, -0.1) is 0 Å². The van der Waals surface area contributed by atoms with Gasteiger partial charge in [0.05, 0.1) is 18.2 Å². The highest BCUT2D eigenvalue weighted by atomic mass is 19.1. The van der Waals surface area contributed by atoms with Gasteiger partial charge in [-0.25, -0.2) is 4.39 Å². The fraction of sp³-hybridized carbons (Fsp3) is 0.440. The molecule has 1 fully saturated rings. The van der Waals surface area contributed by atoms with Crippen molar-refractivity contribution >= 4 is 17.6 Å². The molecule has 2 N–H and O–H groups in total. The van der Waals surface area contributed by atoms with Crippen molar-refractivity contribution in [1.82, 2.24) is 5.32 Å². The van der Waals surface area contributed by atoms with Crippen molar-refractivity contribution in [3.63, 3.8) is 0 Å². The summed E-state index contributed by atoms with van der Waals surface area (Å²) in [6.45, 7) is 0.607. The number of rotatable bonds is 7. The molecule has 0 aromatic heterocycles. The van der Waals surface area contributed by atoms with Crippen molar-refractivity contribution in [2.24, 2.45) is 11.8 Å². The number of aliphatic carboxylic acids is 1. The molecule has 7 heteroatoms. The Morgan fingerprint density at radius 2 is 1.84 bits per heavy atom. The van der Waals surface area contributed by atoms with E-state index in [-0.39, 0.29) is 37.3 Å². The van der Waals surface area contributed by atoms with Crippen LogP contribution in [0.1, 0.15) is 37.7 Å². The fourth-order valence-corrected chi connectivity index (χ4v) is 4.70. The van der Waals surface area contributed by atoms with Crippen molar-refractivity contribution in [2.75, 3.05) is 18.1 Å². The van der Waals surface area contributed by atoms with Crippen LogP contribution in [0.5, 0.6) is 5.75 Å². The standard InChI is InChI=1S/C25H29FN2O4/c26-19-12-10-17(11-13-19)15-28-22-8-4-5-9-23(22)32-16-21(24(28)29)27-14-20(25(30)31)18-6-2-1-3-7-18/h4-5,8-13,18,20-21,27H,1-3,6-7,14-16H2,(H,30,31)/t20-,21-/m0/s1. The molecule has 1 amide bonds. The van der Waals surface area contributed by atoms with Gasteiger partial charge >= 0.3 is 5.97 Å². The van der Waals surface area contributed by atoms with Gasteiger partial charge in [0.2, 0.25) is 5.91 Å². The molecular weight excluding hydrogens is 411 g/mol. The molecule has 1 aliphatic carbocycles. The van der Waals surface area contributed by atoms with Crippen LogP contribution in [0.25, 0.3) is 0 Å². The number of ether oxygens (including phenoxy) is 1. The lowest BCUT2D eigenvalue weighted by molar-refractivity contribution is -0.144. The fourth-order valence-electron chi connectivity index (χ4n) is 4.70. The van der Waals surface area contributed by atoms with Crippen LogP contribution >= 0.6 is 0 Å². The van der Waals surface area contributed by atoms with E-state index in [4.69, 9.17) is 4.74 Å². The molecule has 0 bridgehead atoms. The van der Waals surface area contributed by atoms with Crippen LogP contribution in [-0.4, -0.2) is 36.2 Å². The lowest BCUT2D eigenvalue weighted by Gasteiger charge is -2.29. The van der Waals surface area contributed by atoms with Crippen LogP contribution in [0.2, 0.25) is 0 Å². The molecule has 1 saturated carbocycles. The number of amides is 1. The lowest BCUT2D eigenvalue weighted by Crippen LogP contribution is -2.50. The number of carboxylic acids is 1. The van der Waals surface area contributed by atoms with Gasteiger partial charge in [0, 0.05) is 6.54 Å². The minimum Gasteiger partial charge on any atom is -0.489 e. The molecule has 4 rings (SSSR count). The predicted molar refractivity (Wildman–Crippen MR) is 119 cm³/mol. The summed E-state index contributed by atoms with van der Waals surface area (Å²) >= 11 is 0. The van der Waals surface area contributed by atoms with E-state index >= 15 is 0 Å². The van der Waals surface area contributed by atoms with Crippen molar-refractivity contribution < 1.29 is 23.8 Å². The zero-order chi connectivity index (χ0) is 22.5. The summed E-state index contributed by atoms with van der Waals surface area (Å²) in [4.78, 5) is 27.1. The monoisotopic (exact) mass is 440 g/mol. The third-order valence-electron chi connectivity index (χ3n) is 6.50. The lowest BCUT2D eigenvalue weighted by atomic mass is 9.80. The number of carbonyl (C=O) groups is 2. The maximum atomic E-state index is 13.5. The van der Waals surface area contributed by atoms with E-state index in [0.717, 1.165) is 37.7 Å². The van der Waals surface area contributed by atoms with Crippen LogP contribution in [0.3, 0.4) is 0 Å². The van der Waals surface area contributed by atoms with Crippen LogP contribution < -0.4 is 15.0 Å². The first-order chi connectivity index (χ1) is 15.5. The zero-order valence-electron chi connectivity index (χ0n) is 18.0. The Kier molecular flexibility index (Phi) is 7.05. The Morgan fingerprint density at radius 3 is 2.56 bits per heavy atom. The highest BCUT2D eigenvalue weighted by Crippen LogP contribution is 2.33. The van der Waals surface area contributed by atoms with Crippen molar-refractivity contribution in [1.29, 1.82) is 0 Å². The third-order valence-corrected chi connectivity index (χ3v) is 6.50. The van der Waals surface area contributed by atoms with Gasteiger partial charge < -0.3 is 20.1 Å². The second-order valence-electron chi connectivity index (χ2n) is 8.63. The first-order valence-electron chi connectivity index (χ1n) is 11.3. The van der Waals surface area contributed by atoms with Crippen molar-refractivity contribution in [2.45, 2.75) is 44.7 Å². The number of para-hydroxylation sites is 2. The average molecular weight is 441 g/mol. The van der Waals surface area contributed by atoms with Crippen molar-refractivity contribution in [3.05, 3.63) is 59.9 Å². The molecule has 0 saturated heterocycles. The molecule has 32 heavy (non-hydrogen) atoms. The molecule has 170 valence electrons. The van der Waals surface area contributed by atoms with Gasteiger partial charge in [-0.3, -0.25) is 9.59 Å². The van der Waals surface area contributed by atoms with Gasteiger partial charge in [0.25, 0.3) is 0 Å². The first kappa shape index (κ1) is 22.3. The van der Waals surface area contributed by atoms with E-state index in [1.807, 2.05) is 24.3 Å². The molecule has 1 aliphatic heterocycles. The smallest absolute Gasteiger partial charge is 0.308 e. The Labute approximate surface area is 187 Å². The quantitative estimate of drug-likeness (QED) is 0.681. The number of benzene rings is 2. The maximum Gasteiger partial charge on any atom is 0.308 e. The van der Waals surface area contributed by atoms with E-state index in [9.17, 15) is 19.1 Å². The van der Waals surface area contributed by atoms with E-state index in [2.05, 4.69) is 5.32 Å². The zero-order valence-corrected chi connectivity index (χ0v) is 18.0. The maximum absolute atomic E-state index is 13.5. The second-order valence-corrected chi connectivity index (χ2v) is 8.63. The average Bonchev–Trinajstić information content (AvgIpc) is 2.93. The second kappa shape index (κ2) is 10.1. The number of fused-ring (bicyclic) bond motifs is 1. The number of hydrogen-bond acceptors (Lipinski definition) is 4. The Balaban J connectivity index is 1.52. The van der Waals surface area contributed by atoms with Crippen molar-refractivity contribution in [3.8, 4) is 5.75 Å². The molecular formula is C25H29FN2O4. The van der Waals surface area contributed by atoms with Crippen LogP contribution in [0, 0.1) is 17.7 Å².